The molecule has 0 bridgehead atoms. The number of carbonyl (C=O) groups is 4. The van der Waals surface area contributed by atoms with E-state index in [2.05, 4.69) is 42.8 Å². The van der Waals surface area contributed by atoms with Crippen molar-refractivity contribution in [3.63, 3.8) is 0 Å². The van der Waals surface area contributed by atoms with Crippen LogP contribution in [-0.2, 0) is 10.2 Å². The summed E-state index contributed by atoms with van der Waals surface area (Å²) < 4.78 is 141. The van der Waals surface area contributed by atoms with Crippen molar-refractivity contribution in [1.29, 1.82) is 0 Å². The molecule has 6 rings (SSSR count). The lowest BCUT2D eigenvalue weighted by Crippen LogP contribution is -2.22. The van der Waals surface area contributed by atoms with Crippen molar-refractivity contribution in [1.82, 2.24) is 0 Å². The molecule has 0 aliphatic rings. The van der Waals surface area contributed by atoms with Crippen LogP contribution in [-0.4, -0.2) is 91.9 Å². The van der Waals surface area contributed by atoms with Gasteiger partial charge in [-0.2, -0.15) is 0 Å². The zero-order valence-corrected chi connectivity index (χ0v) is 43.4. The molecular weight excluding hydrogens is 1030 g/mol. The number of ether oxygens (including phenoxy) is 3. The Balaban J connectivity index is -0.000000882. The van der Waals surface area contributed by atoms with Crippen LogP contribution in [0.5, 0.6) is 11.5 Å². The highest BCUT2D eigenvalue weighted by atomic mass is 19.5. The first-order valence-electron chi connectivity index (χ1n) is 22.2. The van der Waals surface area contributed by atoms with Gasteiger partial charge in [0, 0.05) is 34.8 Å². The number of hydrogen-bond acceptors (Lipinski definition) is 7. The summed E-state index contributed by atoms with van der Waals surface area (Å²) in [5.41, 5.74) is 7.48. The van der Waals surface area contributed by atoms with E-state index in [9.17, 15) is 76.3 Å². The molecule has 0 aliphatic heterocycles. The lowest BCUT2D eigenvalue weighted by molar-refractivity contribution is -0.237. The van der Waals surface area contributed by atoms with E-state index in [0.717, 1.165) is 39.8 Å². The average molecular weight is 1100 g/mol. The normalized spacial score (nSPS) is 9.82. The van der Waals surface area contributed by atoms with E-state index in [-0.39, 0.29) is 41.8 Å². The Morgan fingerprint density at radius 2 is 0.671 bits per heavy atom. The second kappa shape index (κ2) is 42.2. The minimum Gasteiger partial charge on any atom is -0.497 e. The molecule has 0 saturated heterocycles. The SMILES string of the molecule is CC(=O)c1ccc(-c2ccc(C(C)=O)cc2)cc1.CC(=O)c1ccc2cc(C(C)=O)ccc2c1.CCC(C)(c1ccc(OC)cc1)c1ccc(OC)cc1.COCCF.FC(F)(F)F.FCF.FCF.FCF.FCF. The van der Waals surface area contributed by atoms with Gasteiger partial charge in [-0.25, -0.2) is 39.5 Å². The van der Waals surface area contributed by atoms with Crippen molar-refractivity contribution in [3.8, 4) is 22.6 Å². The Bertz CT molecular complexity index is 2320. The third-order valence-electron chi connectivity index (χ3n) is 10.0. The van der Waals surface area contributed by atoms with Gasteiger partial charge in [0.1, 0.15) is 18.2 Å². The summed E-state index contributed by atoms with van der Waals surface area (Å²) in [6.45, 7) is 3.53. The zero-order chi connectivity index (χ0) is 58.9. The van der Waals surface area contributed by atoms with E-state index in [1.54, 1.807) is 54.0 Å². The molecular formula is C56H63F13O7. The Morgan fingerprint density at radius 3 is 0.855 bits per heavy atom. The van der Waals surface area contributed by atoms with E-state index in [4.69, 9.17) is 9.47 Å². The molecule has 0 saturated carbocycles. The molecule has 0 spiro atoms. The van der Waals surface area contributed by atoms with Gasteiger partial charge in [-0.15, -0.1) is 17.6 Å². The van der Waals surface area contributed by atoms with Gasteiger partial charge in [0.2, 0.25) is 27.7 Å². The molecule has 0 aliphatic carbocycles. The molecule has 0 atom stereocenters. The zero-order valence-electron chi connectivity index (χ0n) is 43.4. The number of alkyl halides is 13. The van der Waals surface area contributed by atoms with Crippen LogP contribution in [0.15, 0.2) is 133 Å². The standard InChI is InChI=1S/C18H22O2.C16H14O2.C14H12O2.C3H7FO.CF4.4CH2F2/c1-5-18(2,14-6-10-16(19-3)11-7-14)15-8-12-17(20-4)13-9-15;1-11(17)13-3-7-15(8-4-13)16-9-5-14(6-10-16)12(2)18;1-9(15)11-3-5-14-8-12(10(2)16)4-6-13(14)7-11;1-5-3-2-4;2-1(3,4)5;4*2-1-3/h6-13H,5H2,1-4H3;3-10H,1-2H3;3-8H,1-2H3;2-3H2,1H3;;4*1H2. The van der Waals surface area contributed by atoms with Crippen molar-refractivity contribution < 1.29 is 90.5 Å². The molecule has 7 nitrogen and oxygen atoms in total. The molecule has 0 radical (unpaired) electrons. The fourth-order valence-corrected chi connectivity index (χ4v) is 6.05. The van der Waals surface area contributed by atoms with Crippen LogP contribution in [0.1, 0.15) is 101 Å². The average Bonchev–Trinajstić information content (AvgIpc) is 3.39. The summed E-state index contributed by atoms with van der Waals surface area (Å²) in [6.07, 6.45) is -4.47. The number of fused-ring (bicyclic) bond motifs is 1. The van der Waals surface area contributed by atoms with E-state index in [1.807, 2.05) is 97.1 Å². The third kappa shape index (κ3) is 31.6. The van der Waals surface area contributed by atoms with Crippen LogP contribution in [0.4, 0.5) is 57.1 Å². The third-order valence-corrected chi connectivity index (χ3v) is 10.0. The predicted molar refractivity (Wildman–Crippen MR) is 272 cm³/mol. The van der Waals surface area contributed by atoms with E-state index < -0.39 is 34.1 Å². The number of Topliss-reactive ketones (excluding diaryl/α,β-unsaturated/α-hetero) is 4. The highest BCUT2D eigenvalue weighted by Gasteiger charge is 2.27. The van der Waals surface area contributed by atoms with Crippen molar-refractivity contribution in [3.05, 3.63) is 167 Å². The number of carbonyl (C=O) groups excluding carboxylic acids is 4. The Kier molecular flexibility index (Phi) is 40.6. The van der Waals surface area contributed by atoms with Crippen LogP contribution < -0.4 is 9.47 Å². The van der Waals surface area contributed by atoms with Crippen molar-refractivity contribution in [2.24, 2.45) is 0 Å². The number of ketones is 4. The monoisotopic (exact) mass is 1090 g/mol. The number of hydrogen-bond donors (Lipinski definition) is 0. The summed E-state index contributed by atoms with van der Waals surface area (Å²) >= 11 is 0. The van der Waals surface area contributed by atoms with Gasteiger partial charge in [0.05, 0.1) is 20.8 Å². The van der Waals surface area contributed by atoms with Gasteiger partial charge in [-0.1, -0.05) is 111 Å². The lowest BCUT2D eigenvalue weighted by Gasteiger charge is -2.30. The lowest BCUT2D eigenvalue weighted by atomic mass is 9.74. The predicted octanol–water partition coefficient (Wildman–Crippen LogP) is 17.0. The Labute approximate surface area is 435 Å². The number of benzene rings is 6. The second-order valence-electron chi connectivity index (χ2n) is 14.8. The first kappa shape index (κ1) is 73.2. The van der Waals surface area contributed by atoms with E-state index >= 15 is 0 Å². The highest BCUT2D eigenvalue weighted by molar-refractivity contribution is 6.02. The number of methoxy groups -OCH3 is 3. The quantitative estimate of drug-likeness (QED) is 0.0890. The smallest absolute Gasteiger partial charge is 0.497 e. The van der Waals surface area contributed by atoms with Gasteiger partial charge in [0.15, 0.2) is 23.1 Å². The van der Waals surface area contributed by atoms with Crippen LogP contribution >= 0.6 is 0 Å². The summed E-state index contributed by atoms with van der Waals surface area (Å²) in [4.78, 5) is 44.8. The molecule has 6 aromatic carbocycles. The minimum absolute atomic E-state index is 0.00145. The summed E-state index contributed by atoms with van der Waals surface area (Å²) in [5.74, 6) is 2.01. The Morgan fingerprint density at radius 1 is 0.421 bits per heavy atom. The number of rotatable bonds is 12. The summed E-state index contributed by atoms with van der Waals surface area (Å²) in [5, 5.41) is 1.97. The fourth-order valence-electron chi connectivity index (χ4n) is 6.05. The summed E-state index contributed by atoms with van der Waals surface area (Å²) in [7, 11) is 4.86. The molecule has 0 unspecified atom stereocenters. The molecule has 20 heteroatoms. The first-order valence-corrected chi connectivity index (χ1v) is 22.2. The van der Waals surface area contributed by atoms with Crippen LogP contribution in [0, 0.1) is 0 Å². The maximum atomic E-state index is 11.2. The Hall–Kier alpha value is -7.09. The van der Waals surface area contributed by atoms with Gasteiger partial charge >= 0.3 is 6.43 Å². The fraction of sp³-hybridized carbons (Fsp3) is 0.321. The number of halogens is 13. The molecule has 6 aromatic rings. The highest BCUT2D eigenvalue weighted by Crippen LogP contribution is 2.36. The van der Waals surface area contributed by atoms with Gasteiger partial charge < -0.3 is 14.2 Å². The second-order valence-corrected chi connectivity index (χ2v) is 14.8. The van der Waals surface area contributed by atoms with Gasteiger partial charge in [0.25, 0.3) is 0 Å². The van der Waals surface area contributed by atoms with Crippen LogP contribution in [0.2, 0.25) is 0 Å². The largest absolute Gasteiger partial charge is 0.559 e. The van der Waals surface area contributed by atoms with E-state index in [1.165, 1.54) is 18.2 Å². The molecule has 0 amide bonds. The van der Waals surface area contributed by atoms with Crippen molar-refractivity contribution in [2.75, 3.05) is 62.3 Å². The van der Waals surface area contributed by atoms with Crippen molar-refractivity contribution >= 4 is 33.9 Å². The van der Waals surface area contributed by atoms with Gasteiger partial charge in [-0.3, -0.25) is 19.2 Å². The maximum Gasteiger partial charge on any atom is 0.559 e. The molecule has 0 N–H and O–H groups in total. The van der Waals surface area contributed by atoms with Crippen LogP contribution in [0.25, 0.3) is 21.9 Å². The maximum absolute atomic E-state index is 11.2. The molecule has 0 heterocycles. The molecule has 0 aromatic heterocycles. The molecule has 420 valence electrons. The topological polar surface area (TPSA) is 96.0 Å². The van der Waals surface area contributed by atoms with Crippen molar-refractivity contribution in [2.45, 2.75) is 59.8 Å². The molecule has 0 fully saturated rings. The molecule has 76 heavy (non-hydrogen) atoms. The first-order chi connectivity index (χ1) is 35.9. The summed E-state index contributed by atoms with van der Waals surface area (Å²) in [6, 6.07) is 42.6. The van der Waals surface area contributed by atoms with Gasteiger partial charge in [-0.05, 0) is 104 Å². The minimum atomic E-state index is -5.50. The van der Waals surface area contributed by atoms with E-state index in [0.29, 0.717) is 22.3 Å². The van der Waals surface area contributed by atoms with Crippen LogP contribution in [0.3, 0.4) is 0 Å².